The van der Waals surface area contributed by atoms with E-state index in [0.29, 0.717) is 18.1 Å². The first-order chi connectivity index (χ1) is 8.69. The molecule has 5 heteroatoms. The average Bonchev–Trinajstić information content (AvgIpc) is 2.30. The van der Waals surface area contributed by atoms with Crippen molar-refractivity contribution in [3.05, 3.63) is 53.7 Å². The van der Waals surface area contributed by atoms with Gasteiger partial charge in [0.15, 0.2) is 0 Å². The van der Waals surface area contributed by atoms with E-state index in [0.717, 1.165) is 5.56 Å². The van der Waals surface area contributed by atoms with E-state index >= 15 is 0 Å². The Hall–Kier alpha value is -2.07. The van der Waals surface area contributed by atoms with Gasteiger partial charge in [0.2, 0.25) is 11.8 Å². The Kier molecular flexibility index (Phi) is 3.79. The fraction of sp³-hybridized carbons (Fsp3) is 0.0769. The lowest BCUT2D eigenvalue weighted by molar-refractivity contribution is 0.458. The first-order valence-corrected chi connectivity index (χ1v) is 5.73. The third-order valence-electron chi connectivity index (χ3n) is 2.24. The van der Waals surface area contributed by atoms with Crippen molar-refractivity contribution in [2.75, 3.05) is 5.73 Å². The van der Waals surface area contributed by atoms with Gasteiger partial charge in [-0.3, -0.25) is 0 Å². The Morgan fingerprint density at radius 3 is 2.83 bits per heavy atom. The number of anilines is 1. The van der Waals surface area contributed by atoms with Crippen LogP contribution in [0.1, 0.15) is 5.56 Å². The zero-order chi connectivity index (χ0) is 13.0. The third kappa shape index (κ3) is 2.99. The lowest BCUT2D eigenvalue weighted by Crippen LogP contribution is -1.98. The Bertz CT molecular complexity index is 552. The number of allylic oxidation sites excluding steroid dienone is 1. The van der Waals surface area contributed by atoms with Crippen molar-refractivity contribution in [3.63, 3.8) is 0 Å². The second-order valence-corrected chi connectivity index (χ2v) is 3.98. The molecule has 92 valence electrons. The number of hydrogen-bond donors (Lipinski definition) is 1. The van der Waals surface area contributed by atoms with Crippen molar-refractivity contribution in [1.82, 2.24) is 9.97 Å². The third-order valence-corrected chi connectivity index (χ3v) is 2.43. The molecule has 2 rings (SSSR count). The topological polar surface area (TPSA) is 61.0 Å². The van der Waals surface area contributed by atoms with Gasteiger partial charge in [-0.2, -0.15) is 4.98 Å². The molecule has 0 fully saturated rings. The van der Waals surface area contributed by atoms with Crippen LogP contribution in [0.5, 0.6) is 11.6 Å². The van der Waals surface area contributed by atoms with Crippen molar-refractivity contribution in [2.45, 2.75) is 6.42 Å². The minimum Gasteiger partial charge on any atom is -0.439 e. The van der Waals surface area contributed by atoms with Crippen molar-refractivity contribution in [1.29, 1.82) is 0 Å². The summed E-state index contributed by atoms with van der Waals surface area (Å²) in [6.45, 7) is 3.71. The fourth-order valence-corrected chi connectivity index (χ4v) is 1.69. The maximum Gasteiger partial charge on any atom is 0.225 e. The van der Waals surface area contributed by atoms with Gasteiger partial charge in [0.25, 0.3) is 0 Å². The molecule has 2 aromatic rings. The molecule has 1 aromatic carbocycles. The molecule has 2 N–H and O–H groups in total. The van der Waals surface area contributed by atoms with E-state index in [-0.39, 0.29) is 11.1 Å². The van der Waals surface area contributed by atoms with Crippen LogP contribution in [0.25, 0.3) is 0 Å². The summed E-state index contributed by atoms with van der Waals surface area (Å²) in [5, 5.41) is 0.249. The second kappa shape index (κ2) is 5.51. The standard InChI is InChI=1S/C13H12ClN3O/c1-2-5-9-6-3-4-7-10(9)18-12-8-11(14)16-13(15)17-12/h2-4,6-8H,1,5H2,(H2,15,16,17). The van der Waals surface area contributed by atoms with E-state index in [1.807, 2.05) is 30.3 Å². The minimum absolute atomic E-state index is 0.0821. The molecular weight excluding hydrogens is 250 g/mol. The maximum absolute atomic E-state index is 5.79. The average molecular weight is 262 g/mol. The molecule has 0 spiro atoms. The molecular formula is C13H12ClN3O. The van der Waals surface area contributed by atoms with Crippen LogP contribution in [0.15, 0.2) is 43.0 Å². The van der Waals surface area contributed by atoms with Crippen LogP contribution in [-0.2, 0) is 6.42 Å². The van der Waals surface area contributed by atoms with Crippen LogP contribution in [0.4, 0.5) is 5.95 Å². The first-order valence-electron chi connectivity index (χ1n) is 5.36. The van der Waals surface area contributed by atoms with Crippen LogP contribution in [-0.4, -0.2) is 9.97 Å². The number of nitrogen functional groups attached to an aromatic ring is 1. The van der Waals surface area contributed by atoms with E-state index in [1.165, 1.54) is 6.07 Å². The summed E-state index contributed by atoms with van der Waals surface area (Å²) in [7, 11) is 0. The molecule has 0 aliphatic rings. The van der Waals surface area contributed by atoms with Crippen molar-refractivity contribution < 1.29 is 4.74 Å². The van der Waals surface area contributed by atoms with Gasteiger partial charge >= 0.3 is 0 Å². The largest absolute Gasteiger partial charge is 0.439 e. The predicted octanol–water partition coefficient (Wildman–Crippen LogP) is 3.23. The summed E-state index contributed by atoms with van der Waals surface area (Å²) in [5.74, 6) is 1.11. The first kappa shape index (κ1) is 12.4. The van der Waals surface area contributed by atoms with Crippen molar-refractivity contribution in [2.24, 2.45) is 0 Å². The lowest BCUT2D eigenvalue weighted by Gasteiger charge is -2.09. The molecule has 0 radical (unpaired) electrons. The number of ether oxygens (including phenoxy) is 1. The van der Waals surface area contributed by atoms with Gasteiger partial charge in [-0.1, -0.05) is 35.9 Å². The SMILES string of the molecule is C=CCc1ccccc1Oc1cc(Cl)nc(N)n1. The number of nitrogens with two attached hydrogens (primary N) is 1. The van der Waals surface area contributed by atoms with Crippen LogP contribution in [0, 0.1) is 0 Å². The Morgan fingerprint density at radius 1 is 1.33 bits per heavy atom. The molecule has 0 atom stereocenters. The number of para-hydroxylation sites is 1. The zero-order valence-corrected chi connectivity index (χ0v) is 10.4. The van der Waals surface area contributed by atoms with Crippen LogP contribution < -0.4 is 10.5 Å². The molecule has 4 nitrogen and oxygen atoms in total. The van der Waals surface area contributed by atoms with E-state index in [4.69, 9.17) is 22.1 Å². The number of aromatic nitrogens is 2. The van der Waals surface area contributed by atoms with E-state index < -0.39 is 0 Å². The summed E-state index contributed by atoms with van der Waals surface area (Å²) >= 11 is 5.79. The normalized spacial score (nSPS) is 10.1. The lowest BCUT2D eigenvalue weighted by atomic mass is 10.1. The molecule has 0 saturated heterocycles. The molecule has 0 aliphatic carbocycles. The van der Waals surface area contributed by atoms with E-state index in [9.17, 15) is 0 Å². The summed E-state index contributed by atoms with van der Waals surface area (Å²) in [5.41, 5.74) is 6.52. The van der Waals surface area contributed by atoms with Gasteiger partial charge in [0, 0.05) is 6.07 Å². The monoisotopic (exact) mass is 261 g/mol. The van der Waals surface area contributed by atoms with Crippen molar-refractivity contribution in [3.8, 4) is 11.6 Å². The summed E-state index contributed by atoms with van der Waals surface area (Å²) in [4.78, 5) is 7.74. The fourth-order valence-electron chi connectivity index (χ4n) is 1.51. The van der Waals surface area contributed by atoms with Gasteiger partial charge in [-0.15, -0.1) is 6.58 Å². The molecule has 0 aliphatic heterocycles. The highest BCUT2D eigenvalue weighted by molar-refractivity contribution is 6.29. The van der Waals surface area contributed by atoms with Crippen LogP contribution in [0.3, 0.4) is 0 Å². The van der Waals surface area contributed by atoms with Crippen LogP contribution in [0.2, 0.25) is 5.15 Å². The van der Waals surface area contributed by atoms with Crippen molar-refractivity contribution >= 4 is 17.5 Å². The summed E-state index contributed by atoms with van der Waals surface area (Å²) in [6.07, 6.45) is 2.52. The Balaban J connectivity index is 2.30. The number of benzene rings is 1. The predicted molar refractivity (Wildman–Crippen MR) is 71.9 cm³/mol. The van der Waals surface area contributed by atoms with Gasteiger partial charge in [0.1, 0.15) is 10.9 Å². The van der Waals surface area contributed by atoms with Gasteiger partial charge in [-0.05, 0) is 18.1 Å². The Morgan fingerprint density at radius 2 is 2.11 bits per heavy atom. The summed E-state index contributed by atoms with van der Waals surface area (Å²) in [6, 6.07) is 9.15. The zero-order valence-electron chi connectivity index (χ0n) is 9.64. The Labute approximate surface area is 110 Å². The summed E-state index contributed by atoms with van der Waals surface area (Å²) < 4.78 is 5.66. The molecule has 0 unspecified atom stereocenters. The van der Waals surface area contributed by atoms with E-state index in [2.05, 4.69) is 16.5 Å². The molecule has 0 bridgehead atoms. The highest BCUT2D eigenvalue weighted by atomic mass is 35.5. The highest BCUT2D eigenvalue weighted by Crippen LogP contribution is 2.26. The molecule has 0 amide bonds. The van der Waals surface area contributed by atoms with Gasteiger partial charge in [0.05, 0.1) is 0 Å². The van der Waals surface area contributed by atoms with Gasteiger partial charge < -0.3 is 10.5 Å². The number of nitrogens with zero attached hydrogens (tertiary/aromatic N) is 2. The number of hydrogen-bond acceptors (Lipinski definition) is 4. The van der Waals surface area contributed by atoms with Gasteiger partial charge in [-0.25, -0.2) is 4.98 Å². The van der Waals surface area contributed by atoms with Crippen LogP contribution >= 0.6 is 11.6 Å². The second-order valence-electron chi connectivity index (χ2n) is 3.59. The smallest absolute Gasteiger partial charge is 0.225 e. The molecule has 1 aromatic heterocycles. The molecule has 0 saturated carbocycles. The number of halogens is 1. The van der Waals surface area contributed by atoms with E-state index in [1.54, 1.807) is 0 Å². The highest BCUT2D eigenvalue weighted by Gasteiger charge is 2.06. The quantitative estimate of drug-likeness (QED) is 0.678. The number of rotatable bonds is 4. The molecule has 1 heterocycles. The molecule has 18 heavy (non-hydrogen) atoms. The minimum atomic E-state index is 0.0821. The maximum atomic E-state index is 5.79.